The van der Waals surface area contributed by atoms with Crippen molar-refractivity contribution in [3.8, 4) is 0 Å². The largest absolute Gasteiger partial charge is 0.373 e. The zero-order valence-corrected chi connectivity index (χ0v) is 16.2. The highest BCUT2D eigenvalue weighted by Gasteiger charge is 2.35. The molecule has 0 saturated carbocycles. The van der Waals surface area contributed by atoms with Gasteiger partial charge in [0.05, 0.1) is 12.2 Å². The number of rotatable bonds is 6. The lowest BCUT2D eigenvalue weighted by Crippen LogP contribution is -2.52. The van der Waals surface area contributed by atoms with Gasteiger partial charge in [0, 0.05) is 35.9 Å². The fraction of sp³-hybridized carbons (Fsp3) is 0.500. The van der Waals surface area contributed by atoms with E-state index in [1.54, 1.807) is 31.3 Å². The highest BCUT2D eigenvalue weighted by atomic mass is 32.2. The molecule has 0 radical (unpaired) electrons. The van der Waals surface area contributed by atoms with Gasteiger partial charge in [0.25, 0.3) is 10.2 Å². The van der Waals surface area contributed by atoms with Crippen molar-refractivity contribution in [1.29, 1.82) is 0 Å². The van der Waals surface area contributed by atoms with Crippen molar-refractivity contribution in [2.45, 2.75) is 39.1 Å². The fourth-order valence-corrected chi connectivity index (χ4v) is 6.18. The highest BCUT2D eigenvalue weighted by molar-refractivity contribution is 7.86. The summed E-state index contributed by atoms with van der Waals surface area (Å²) in [6.07, 6.45) is -0.178. The van der Waals surface area contributed by atoms with Crippen LogP contribution < -0.4 is 0 Å². The maximum Gasteiger partial charge on any atom is 0.282 e. The number of hydrogen-bond acceptors (Lipinski definition) is 5. The van der Waals surface area contributed by atoms with Crippen molar-refractivity contribution in [2.24, 2.45) is 0 Å². The molecule has 8 heteroatoms. The first-order chi connectivity index (χ1) is 11.4. The summed E-state index contributed by atoms with van der Waals surface area (Å²) >= 11 is 3.16. The zero-order chi connectivity index (χ0) is 17.2. The normalized spacial score (nSPS) is 23.0. The van der Waals surface area contributed by atoms with Gasteiger partial charge in [0.1, 0.15) is 0 Å². The topological polar surface area (TPSA) is 49.9 Å². The summed E-state index contributed by atoms with van der Waals surface area (Å²) in [7, 11) is -3.54. The van der Waals surface area contributed by atoms with Gasteiger partial charge in [-0.1, -0.05) is 12.1 Å². The summed E-state index contributed by atoms with van der Waals surface area (Å²) < 4.78 is 35.3. The van der Waals surface area contributed by atoms with Crippen molar-refractivity contribution in [1.82, 2.24) is 8.61 Å². The average molecular weight is 387 g/mol. The first-order valence-electron chi connectivity index (χ1n) is 7.90. The Balaban J connectivity index is 1.84. The Hall–Kier alpha value is -0.770. The van der Waals surface area contributed by atoms with Gasteiger partial charge in [-0.2, -0.15) is 17.0 Å². The quantitative estimate of drug-likeness (QED) is 0.766. The van der Waals surface area contributed by atoms with E-state index in [1.807, 2.05) is 48.9 Å². The molecule has 1 aliphatic heterocycles. The lowest BCUT2D eigenvalue weighted by atomic mass is 10.3. The van der Waals surface area contributed by atoms with E-state index in [4.69, 9.17) is 4.74 Å². The lowest BCUT2D eigenvalue weighted by Gasteiger charge is -2.37. The third-order valence-electron chi connectivity index (χ3n) is 3.86. The molecule has 2 atom stereocenters. The van der Waals surface area contributed by atoms with E-state index in [-0.39, 0.29) is 12.2 Å². The summed E-state index contributed by atoms with van der Waals surface area (Å²) in [5.41, 5.74) is 0. The Morgan fingerprint density at radius 2 is 1.58 bits per heavy atom. The highest BCUT2D eigenvalue weighted by Crippen LogP contribution is 2.24. The van der Waals surface area contributed by atoms with E-state index < -0.39 is 10.2 Å². The molecule has 0 amide bonds. The van der Waals surface area contributed by atoms with Crippen molar-refractivity contribution in [2.75, 3.05) is 13.1 Å². The maximum absolute atomic E-state index is 13.2. The Kier molecular flexibility index (Phi) is 5.74. The Bertz CT molecular complexity index is 682. The minimum absolute atomic E-state index is 0.0890. The van der Waals surface area contributed by atoms with Crippen molar-refractivity contribution < 1.29 is 13.2 Å². The molecule has 3 heterocycles. The Labute approximate surface area is 151 Å². The van der Waals surface area contributed by atoms with Crippen LogP contribution >= 0.6 is 22.7 Å². The van der Waals surface area contributed by atoms with Crippen molar-refractivity contribution in [3.63, 3.8) is 0 Å². The summed E-state index contributed by atoms with van der Waals surface area (Å²) in [5, 5.41) is 3.95. The van der Waals surface area contributed by atoms with Crippen molar-refractivity contribution >= 4 is 32.9 Å². The molecule has 2 aromatic heterocycles. The smallest absolute Gasteiger partial charge is 0.282 e. The molecule has 0 spiro atoms. The third kappa shape index (κ3) is 4.25. The predicted octanol–water partition coefficient (Wildman–Crippen LogP) is 3.17. The van der Waals surface area contributed by atoms with Crippen LogP contribution in [0.4, 0.5) is 0 Å². The summed E-state index contributed by atoms with van der Waals surface area (Å²) in [4.78, 5) is 2.09. The second-order valence-electron chi connectivity index (χ2n) is 6.01. The molecule has 24 heavy (non-hydrogen) atoms. The predicted molar refractivity (Wildman–Crippen MR) is 98.4 cm³/mol. The molecule has 1 fully saturated rings. The van der Waals surface area contributed by atoms with Crippen LogP contribution in [0.5, 0.6) is 0 Å². The number of thiophene rings is 2. The number of hydrogen-bond donors (Lipinski definition) is 0. The number of nitrogens with zero attached hydrogens (tertiary/aromatic N) is 2. The molecule has 0 bridgehead atoms. The first kappa shape index (κ1) is 18.0. The fourth-order valence-electron chi connectivity index (χ4n) is 2.85. The minimum atomic E-state index is -3.54. The van der Waals surface area contributed by atoms with Crippen LogP contribution in [0.15, 0.2) is 35.0 Å². The zero-order valence-electron chi connectivity index (χ0n) is 13.8. The van der Waals surface area contributed by atoms with Gasteiger partial charge >= 0.3 is 0 Å². The molecule has 5 nitrogen and oxygen atoms in total. The van der Waals surface area contributed by atoms with Gasteiger partial charge in [-0.3, -0.25) is 0 Å². The van der Waals surface area contributed by atoms with Crippen LogP contribution in [-0.4, -0.2) is 42.3 Å². The van der Waals surface area contributed by atoms with E-state index in [9.17, 15) is 8.42 Å². The molecular weight excluding hydrogens is 364 g/mol. The molecule has 2 unspecified atom stereocenters. The number of ether oxygens (including phenoxy) is 1. The van der Waals surface area contributed by atoms with E-state index in [2.05, 4.69) is 0 Å². The van der Waals surface area contributed by atoms with Crippen molar-refractivity contribution in [3.05, 3.63) is 44.8 Å². The average Bonchev–Trinajstić information content (AvgIpc) is 3.19. The molecule has 1 saturated heterocycles. The van der Waals surface area contributed by atoms with E-state index in [0.29, 0.717) is 26.2 Å². The third-order valence-corrected chi connectivity index (χ3v) is 7.45. The summed E-state index contributed by atoms with van der Waals surface area (Å²) in [5.74, 6) is 0. The molecule has 0 aromatic carbocycles. The van der Waals surface area contributed by atoms with Crippen LogP contribution in [0, 0.1) is 0 Å². The molecule has 2 aromatic rings. The van der Waals surface area contributed by atoms with Gasteiger partial charge in [-0.05, 0) is 36.7 Å². The first-order valence-corrected chi connectivity index (χ1v) is 11.1. The second kappa shape index (κ2) is 7.63. The minimum Gasteiger partial charge on any atom is -0.373 e. The Morgan fingerprint density at radius 1 is 1.08 bits per heavy atom. The van der Waals surface area contributed by atoms with Crippen LogP contribution in [-0.2, 0) is 28.0 Å². The van der Waals surface area contributed by atoms with Crippen LogP contribution in [0.2, 0.25) is 0 Å². The standard InChI is InChI=1S/C16H22N2O3S3/c1-13-9-17(10-14(2)21-13)24(19,20)18(11-15-5-3-7-22-15)12-16-6-4-8-23-16/h3-8,13-14H,9-12H2,1-2H3. The molecular formula is C16H22N2O3S3. The Morgan fingerprint density at radius 3 is 2.00 bits per heavy atom. The van der Waals surface area contributed by atoms with Crippen LogP contribution in [0.3, 0.4) is 0 Å². The van der Waals surface area contributed by atoms with Gasteiger partial charge in [-0.25, -0.2) is 0 Å². The van der Waals surface area contributed by atoms with E-state index >= 15 is 0 Å². The van der Waals surface area contributed by atoms with Gasteiger partial charge in [0.2, 0.25) is 0 Å². The van der Waals surface area contributed by atoms with Crippen LogP contribution in [0.1, 0.15) is 23.6 Å². The maximum atomic E-state index is 13.2. The molecule has 132 valence electrons. The monoisotopic (exact) mass is 386 g/mol. The lowest BCUT2D eigenvalue weighted by molar-refractivity contribution is -0.0455. The van der Waals surface area contributed by atoms with E-state index in [1.165, 1.54) is 0 Å². The molecule has 0 N–H and O–H groups in total. The SMILES string of the molecule is CC1CN(S(=O)(=O)N(Cc2cccs2)Cc2cccs2)CC(C)O1. The summed E-state index contributed by atoms with van der Waals surface area (Å²) in [6, 6.07) is 7.86. The molecule has 0 aliphatic carbocycles. The van der Waals surface area contributed by atoms with Gasteiger partial charge in [0.15, 0.2) is 0 Å². The van der Waals surface area contributed by atoms with Crippen LogP contribution in [0.25, 0.3) is 0 Å². The van der Waals surface area contributed by atoms with E-state index in [0.717, 1.165) is 9.75 Å². The number of morpholine rings is 1. The van der Waals surface area contributed by atoms with Gasteiger partial charge < -0.3 is 4.74 Å². The second-order valence-corrected chi connectivity index (χ2v) is 10.0. The molecule has 1 aliphatic rings. The summed E-state index contributed by atoms with van der Waals surface area (Å²) in [6.45, 7) is 5.44. The van der Waals surface area contributed by atoms with Gasteiger partial charge in [-0.15, -0.1) is 22.7 Å². The molecule has 3 rings (SSSR count).